The lowest BCUT2D eigenvalue weighted by atomic mass is 10.1. The summed E-state index contributed by atoms with van der Waals surface area (Å²) in [5.74, 6) is -0.463. The number of hydrogen-bond acceptors (Lipinski definition) is 2. The summed E-state index contributed by atoms with van der Waals surface area (Å²) >= 11 is 0. The molecule has 0 aliphatic carbocycles. The standard InChI is InChI=1S/C9H9F4NO/c10-5-7(14)6-3-1-2-4-8(6)15-9(11,12)13/h1-4,7H,5,14H2/t7-/m1/s1. The van der Waals surface area contributed by atoms with E-state index in [9.17, 15) is 17.6 Å². The molecule has 0 bridgehead atoms. The third-order valence-electron chi connectivity index (χ3n) is 1.71. The minimum Gasteiger partial charge on any atom is -0.405 e. The molecule has 1 aromatic carbocycles. The first-order chi connectivity index (χ1) is 6.94. The first-order valence-corrected chi connectivity index (χ1v) is 4.10. The number of halogens is 4. The summed E-state index contributed by atoms with van der Waals surface area (Å²) < 4.78 is 51.7. The molecule has 1 aromatic rings. The number of rotatable bonds is 3. The van der Waals surface area contributed by atoms with Gasteiger partial charge in [-0.2, -0.15) is 0 Å². The van der Waals surface area contributed by atoms with Crippen molar-refractivity contribution in [2.45, 2.75) is 12.4 Å². The van der Waals surface area contributed by atoms with Crippen LogP contribution in [0.15, 0.2) is 24.3 Å². The number of hydrogen-bond donors (Lipinski definition) is 1. The van der Waals surface area contributed by atoms with Gasteiger partial charge in [0.2, 0.25) is 0 Å². The third kappa shape index (κ3) is 3.39. The van der Waals surface area contributed by atoms with Crippen LogP contribution in [0, 0.1) is 0 Å². The predicted octanol–water partition coefficient (Wildman–Crippen LogP) is 2.55. The van der Waals surface area contributed by atoms with Crippen molar-refractivity contribution in [1.82, 2.24) is 0 Å². The van der Waals surface area contributed by atoms with E-state index >= 15 is 0 Å². The van der Waals surface area contributed by atoms with Crippen LogP contribution in [0.1, 0.15) is 11.6 Å². The number of ether oxygens (including phenoxy) is 1. The normalized spacial score (nSPS) is 13.7. The lowest BCUT2D eigenvalue weighted by molar-refractivity contribution is -0.275. The van der Waals surface area contributed by atoms with Gasteiger partial charge in [-0.15, -0.1) is 13.2 Å². The molecule has 84 valence electrons. The number of alkyl halides is 4. The zero-order chi connectivity index (χ0) is 11.5. The van der Waals surface area contributed by atoms with Crippen LogP contribution in [0.4, 0.5) is 17.6 Å². The number of para-hydroxylation sites is 1. The van der Waals surface area contributed by atoms with Gasteiger partial charge in [-0.1, -0.05) is 18.2 Å². The summed E-state index contributed by atoms with van der Waals surface area (Å²) in [6, 6.07) is 4.11. The topological polar surface area (TPSA) is 35.2 Å². The van der Waals surface area contributed by atoms with Gasteiger partial charge < -0.3 is 10.5 Å². The molecule has 1 atom stereocenters. The molecule has 0 fully saturated rings. The summed E-state index contributed by atoms with van der Waals surface area (Å²) in [7, 11) is 0. The van der Waals surface area contributed by atoms with Crippen molar-refractivity contribution in [1.29, 1.82) is 0 Å². The van der Waals surface area contributed by atoms with Gasteiger partial charge in [0.15, 0.2) is 0 Å². The Balaban J connectivity index is 2.96. The van der Waals surface area contributed by atoms with Gasteiger partial charge in [-0.3, -0.25) is 0 Å². The van der Waals surface area contributed by atoms with E-state index in [0.29, 0.717) is 0 Å². The molecule has 0 saturated carbocycles. The number of benzene rings is 1. The highest BCUT2D eigenvalue weighted by atomic mass is 19.4. The van der Waals surface area contributed by atoms with E-state index in [4.69, 9.17) is 5.73 Å². The predicted molar refractivity (Wildman–Crippen MR) is 46.0 cm³/mol. The zero-order valence-electron chi connectivity index (χ0n) is 7.59. The first kappa shape index (κ1) is 11.8. The van der Waals surface area contributed by atoms with Gasteiger partial charge in [-0.05, 0) is 6.07 Å². The summed E-state index contributed by atoms with van der Waals surface area (Å²) in [6.45, 7) is -0.946. The Hall–Kier alpha value is -1.30. The molecule has 0 amide bonds. The van der Waals surface area contributed by atoms with Crippen molar-refractivity contribution in [3.05, 3.63) is 29.8 Å². The second kappa shape index (κ2) is 4.48. The minimum atomic E-state index is -4.80. The molecule has 0 heterocycles. The van der Waals surface area contributed by atoms with E-state index in [1.54, 1.807) is 0 Å². The Morgan fingerprint density at radius 3 is 2.40 bits per heavy atom. The third-order valence-corrected chi connectivity index (χ3v) is 1.71. The van der Waals surface area contributed by atoms with Crippen molar-refractivity contribution in [2.75, 3.05) is 6.67 Å². The fourth-order valence-corrected chi connectivity index (χ4v) is 1.09. The molecule has 0 aliphatic rings. The van der Waals surface area contributed by atoms with Crippen LogP contribution < -0.4 is 10.5 Å². The van der Waals surface area contributed by atoms with Crippen molar-refractivity contribution in [3.8, 4) is 5.75 Å². The molecule has 2 N–H and O–H groups in total. The highest BCUT2D eigenvalue weighted by Gasteiger charge is 2.32. The molecular formula is C9H9F4NO. The van der Waals surface area contributed by atoms with Crippen molar-refractivity contribution in [2.24, 2.45) is 5.73 Å². The summed E-state index contributed by atoms with van der Waals surface area (Å²) in [5.41, 5.74) is 5.29. The van der Waals surface area contributed by atoms with Crippen LogP contribution in [0.25, 0.3) is 0 Å². The van der Waals surface area contributed by atoms with Gasteiger partial charge in [0, 0.05) is 5.56 Å². The Labute approximate surface area is 83.6 Å². The van der Waals surface area contributed by atoms with Gasteiger partial charge >= 0.3 is 6.36 Å². The van der Waals surface area contributed by atoms with Crippen molar-refractivity contribution in [3.63, 3.8) is 0 Å². The minimum absolute atomic E-state index is 0.00248. The Morgan fingerprint density at radius 1 is 1.27 bits per heavy atom. The Morgan fingerprint density at radius 2 is 1.87 bits per heavy atom. The molecule has 0 spiro atoms. The van der Waals surface area contributed by atoms with Gasteiger partial charge in [-0.25, -0.2) is 4.39 Å². The van der Waals surface area contributed by atoms with Gasteiger partial charge in [0.05, 0.1) is 6.04 Å². The molecule has 2 nitrogen and oxygen atoms in total. The molecule has 0 saturated heterocycles. The largest absolute Gasteiger partial charge is 0.573 e. The van der Waals surface area contributed by atoms with Crippen LogP contribution in [-0.2, 0) is 0 Å². The SMILES string of the molecule is N[C@H](CF)c1ccccc1OC(F)(F)F. The lowest BCUT2D eigenvalue weighted by Gasteiger charge is -2.15. The summed E-state index contributed by atoms with van der Waals surface area (Å²) in [5, 5.41) is 0. The van der Waals surface area contributed by atoms with Gasteiger partial charge in [0.25, 0.3) is 0 Å². The number of nitrogens with two attached hydrogens (primary N) is 1. The van der Waals surface area contributed by atoms with E-state index in [-0.39, 0.29) is 5.56 Å². The van der Waals surface area contributed by atoms with Crippen molar-refractivity contribution >= 4 is 0 Å². The van der Waals surface area contributed by atoms with Crippen LogP contribution in [0.5, 0.6) is 5.75 Å². The molecular weight excluding hydrogens is 214 g/mol. The summed E-state index contributed by atoms with van der Waals surface area (Å²) in [4.78, 5) is 0. The fraction of sp³-hybridized carbons (Fsp3) is 0.333. The Bertz CT molecular complexity index is 326. The monoisotopic (exact) mass is 223 g/mol. The average Bonchev–Trinajstić information content (AvgIpc) is 2.15. The van der Waals surface area contributed by atoms with E-state index in [2.05, 4.69) is 4.74 Å². The second-order valence-corrected chi connectivity index (χ2v) is 2.85. The highest BCUT2D eigenvalue weighted by Crippen LogP contribution is 2.29. The highest BCUT2D eigenvalue weighted by molar-refractivity contribution is 5.35. The van der Waals surface area contributed by atoms with E-state index in [1.807, 2.05) is 0 Å². The molecule has 0 aliphatic heterocycles. The second-order valence-electron chi connectivity index (χ2n) is 2.85. The maximum atomic E-state index is 12.2. The quantitative estimate of drug-likeness (QED) is 0.799. The van der Waals surface area contributed by atoms with E-state index in [1.165, 1.54) is 18.2 Å². The first-order valence-electron chi connectivity index (χ1n) is 4.10. The lowest BCUT2D eigenvalue weighted by Crippen LogP contribution is -2.20. The maximum absolute atomic E-state index is 12.2. The van der Waals surface area contributed by atoms with Crippen LogP contribution in [-0.4, -0.2) is 13.0 Å². The Kier molecular flexibility index (Phi) is 3.52. The molecule has 1 rings (SSSR count). The molecule has 0 aromatic heterocycles. The van der Waals surface area contributed by atoms with E-state index < -0.39 is 24.8 Å². The fourth-order valence-electron chi connectivity index (χ4n) is 1.09. The molecule has 0 unspecified atom stereocenters. The van der Waals surface area contributed by atoms with Crippen LogP contribution in [0.2, 0.25) is 0 Å². The molecule has 0 radical (unpaired) electrons. The van der Waals surface area contributed by atoms with Crippen LogP contribution in [0.3, 0.4) is 0 Å². The zero-order valence-corrected chi connectivity index (χ0v) is 7.59. The average molecular weight is 223 g/mol. The maximum Gasteiger partial charge on any atom is 0.573 e. The smallest absolute Gasteiger partial charge is 0.405 e. The van der Waals surface area contributed by atoms with Crippen LogP contribution >= 0.6 is 0 Å². The molecule has 6 heteroatoms. The molecule has 15 heavy (non-hydrogen) atoms. The van der Waals surface area contributed by atoms with E-state index in [0.717, 1.165) is 6.07 Å². The van der Waals surface area contributed by atoms with Gasteiger partial charge in [0.1, 0.15) is 12.4 Å². The summed E-state index contributed by atoms with van der Waals surface area (Å²) in [6.07, 6.45) is -4.80. The van der Waals surface area contributed by atoms with Crippen molar-refractivity contribution < 1.29 is 22.3 Å².